The average Bonchev–Trinajstić information content (AvgIpc) is 3.04. The number of aromatic amines is 1. The van der Waals surface area contributed by atoms with E-state index in [2.05, 4.69) is 35.1 Å². The quantitative estimate of drug-likeness (QED) is 0.740. The minimum Gasteiger partial charge on any atom is -0.508 e. The number of likely N-dealkylation sites (tertiary alicyclic amines) is 1. The number of hydrogen-bond donors (Lipinski definition) is 2. The Hall–Kier alpha value is -2.46. The fraction of sp³-hybridized carbons (Fsp3) is 0.364. The van der Waals surface area contributed by atoms with Crippen molar-refractivity contribution in [2.45, 2.75) is 30.7 Å². The molecule has 1 aromatic heterocycles. The summed E-state index contributed by atoms with van der Waals surface area (Å²) >= 11 is 0. The second-order valence-electron chi connectivity index (χ2n) is 7.79. The van der Waals surface area contributed by atoms with Crippen LogP contribution in [0.3, 0.4) is 0 Å². The molecule has 0 spiro atoms. The number of benzene rings is 2. The molecule has 26 heavy (non-hydrogen) atoms. The molecule has 1 aliphatic carbocycles. The number of ether oxygens (including phenoxy) is 1. The van der Waals surface area contributed by atoms with Gasteiger partial charge in [-0.15, -0.1) is 0 Å². The molecule has 4 nitrogen and oxygen atoms in total. The zero-order chi connectivity index (χ0) is 17.9. The van der Waals surface area contributed by atoms with Crippen molar-refractivity contribution < 1.29 is 9.84 Å². The number of methoxy groups -OCH3 is 1. The molecule has 0 radical (unpaired) electrons. The predicted octanol–water partition coefficient (Wildman–Crippen LogP) is 3.82. The number of likely N-dealkylation sites (N-methyl/N-ethyl adjacent to an activating group) is 1. The van der Waals surface area contributed by atoms with Crippen LogP contribution in [0.5, 0.6) is 11.5 Å². The van der Waals surface area contributed by atoms with Crippen LogP contribution in [0.2, 0.25) is 0 Å². The molecule has 3 aromatic rings. The Morgan fingerprint density at radius 3 is 2.88 bits per heavy atom. The second-order valence-corrected chi connectivity index (χ2v) is 7.79. The molecule has 2 unspecified atom stereocenters. The molecule has 1 aliphatic heterocycles. The first-order valence-corrected chi connectivity index (χ1v) is 9.30. The average molecular weight is 348 g/mol. The molecule has 2 aliphatic rings. The van der Waals surface area contributed by atoms with Crippen molar-refractivity contribution in [1.82, 2.24) is 9.88 Å². The Labute approximate surface area is 153 Å². The van der Waals surface area contributed by atoms with Crippen LogP contribution in [0, 0.1) is 0 Å². The number of phenols is 1. The predicted molar refractivity (Wildman–Crippen MR) is 103 cm³/mol. The number of fused-ring (bicyclic) bond motifs is 6. The highest BCUT2D eigenvalue weighted by molar-refractivity contribution is 5.91. The molecule has 5 rings (SSSR count). The van der Waals surface area contributed by atoms with Crippen LogP contribution in [-0.2, 0) is 11.8 Å². The maximum absolute atomic E-state index is 10.1. The highest BCUT2D eigenvalue weighted by atomic mass is 16.5. The van der Waals surface area contributed by atoms with E-state index in [1.807, 2.05) is 18.2 Å². The lowest BCUT2D eigenvalue weighted by atomic mass is 9.61. The number of nitrogens with one attached hydrogen (secondary N) is 1. The maximum Gasteiger partial charge on any atom is 0.142 e. The number of rotatable bonds is 2. The summed E-state index contributed by atoms with van der Waals surface area (Å²) in [6.07, 6.45) is 3.18. The highest BCUT2D eigenvalue weighted by Crippen LogP contribution is 2.52. The minimum absolute atomic E-state index is 0.0614. The van der Waals surface area contributed by atoms with Crippen LogP contribution in [0.1, 0.15) is 29.7 Å². The molecule has 0 amide bonds. The van der Waals surface area contributed by atoms with Gasteiger partial charge < -0.3 is 19.7 Å². The van der Waals surface area contributed by atoms with Gasteiger partial charge in [-0.25, -0.2) is 0 Å². The second kappa shape index (κ2) is 5.52. The SMILES string of the molecule is COc1cccc2c3c([nH]c12)CC1CC3(c2cccc(O)c2)CCN1C. The van der Waals surface area contributed by atoms with Crippen LogP contribution in [0.4, 0.5) is 0 Å². The summed E-state index contributed by atoms with van der Waals surface area (Å²) in [6, 6.07) is 14.7. The largest absolute Gasteiger partial charge is 0.508 e. The van der Waals surface area contributed by atoms with Gasteiger partial charge in [-0.1, -0.05) is 24.3 Å². The van der Waals surface area contributed by atoms with E-state index in [1.165, 1.54) is 22.2 Å². The number of nitrogens with zero attached hydrogens (tertiary/aromatic N) is 1. The summed E-state index contributed by atoms with van der Waals surface area (Å²) in [7, 11) is 3.96. The van der Waals surface area contributed by atoms with E-state index >= 15 is 0 Å². The van der Waals surface area contributed by atoms with Crippen LogP contribution in [0.25, 0.3) is 10.9 Å². The lowest BCUT2D eigenvalue weighted by molar-refractivity contribution is 0.123. The first-order valence-electron chi connectivity index (χ1n) is 9.30. The Bertz CT molecular complexity index is 993. The fourth-order valence-corrected chi connectivity index (χ4v) is 5.22. The number of piperidine rings is 1. The number of phenolic OH excluding ortho intramolecular Hbond substituents is 1. The van der Waals surface area contributed by atoms with E-state index in [-0.39, 0.29) is 5.41 Å². The normalized spacial score (nSPS) is 25.2. The third-order valence-electron chi connectivity index (χ3n) is 6.51. The molecule has 2 N–H and O–H groups in total. The van der Waals surface area contributed by atoms with Gasteiger partial charge in [0.05, 0.1) is 12.6 Å². The van der Waals surface area contributed by atoms with Crippen molar-refractivity contribution in [2.24, 2.45) is 0 Å². The number of aromatic hydroxyl groups is 1. The molecule has 134 valence electrons. The van der Waals surface area contributed by atoms with Crippen molar-refractivity contribution in [3.63, 3.8) is 0 Å². The van der Waals surface area contributed by atoms with Crippen LogP contribution in [-0.4, -0.2) is 41.7 Å². The Balaban J connectivity index is 1.83. The Morgan fingerprint density at radius 1 is 1.23 bits per heavy atom. The molecular weight excluding hydrogens is 324 g/mol. The number of aromatic nitrogens is 1. The van der Waals surface area contributed by atoms with E-state index in [9.17, 15) is 5.11 Å². The molecule has 4 heteroatoms. The summed E-state index contributed by atoms with van der Waals surface area (Å²) in [5, 5.41) is 11.4. The fourth-order valence-electron chi connectivity index (χ4n) is 5.22. The van der Waals surface area contributed by atoms with Crippen LogP contribution < -0.4 is 4.74 Å². The third-order valence-corrected chi connectivity index (χ3v) is 6.51. The van der Waals surface area contributed by atoms with E-state index in [1.54, 1.807) is 13.2 Å². The van der Waals surface area contributed by atoms with Gasteiger partial charge in [-0.05, 0) is 55.8 Å². The standard InChI is InChI=1S/C22H24N2O2/c1-24-10-9-22(14-5-3-6-16(25)11-14)13-15(24)12-18-20(22)17-7-4-8-19(26-2)21(17)23-18/h3-8,11,15,23,25H,9-10,12-13H2,1-2H3. The Kier molecular flexibility index (Phi) is 3.35. The third kappa shape index (κ3) is 2.05. The molecule has 2 heterocycles. The summed E-state index contributed by atoms with van der Waals surface area (Å²) in [4.78, 5) is 6.16. The lowest BCUT2D eigenvalue weighted by Crippen LogP contribution is -2.52. The molecule has 2 aromatic carbocycles. The minimum atomic E-state index is -0.0614. The van der Waals surface area contributed by atoms with Crippen molar-refractivity contribution in [3.8, 4) is 11.5 Å². The summed E-state index contributed by atoms with van der Waals surface area (Å²) in [5.41, 5.74) is 4.97. The lowest BCUT2D eigenvalue weighted by Gasteiger charge is -2.50. The highest BCUT2D eigenvalue weighted by Gasteiger charge is 2.48. The Morgan fingerprint density at radius 2 is 2.08 bits per heavy atom. The summed E-state index contributed by atoms with van der Waals surface area (Å²) in [5.74, 6) is 1.24. The molecule has 2 bridgehead atoms. The topological polar surface area (TPSA) is 48.5 Å². The number of H-pyrrole nitrogens is 1. The van der Waals surface area contributed by atoms with E-state index in [0.29, 0.717) is 11.8 Å². The van der Waals surface area contributed by atoms with E-state index in [0.717, 1.165) is 37.1 Å². The van der Waals surface area contributed by atoms with Crippen LogP contribution in [0.15, 0.2) is 42.5 Å². The molecular formula is C22H24N2O2. The van der Waals surface area contributed by atoms with E-state index < -0.39 is 0 Å². The van der Waals surface area contributed by atoms with E-state index in [4.69, 9.17) is 4.74 Å². The van der Waals surface area contributed by atoms with Crippen molar-refractivity contribution in [1.29, 1.82) is 0 Å². The maximum atomic E-state index is 10.1. The van der Waals surface area contributed by atoms with Crippen molar-refractivity contribution in [3.05, 3.63) is 59.3 Å². The zero-order valence-electron chi connectivity index (χ0n) is 15.2. The van der Waals surface area contributed by atoms with Gasteiger partial charge in [0, 0.05) is 29.0 Å². The zero-order valence-corrected chi connectivity index (χ0v) is 15.2. The summed E-state index contributed by atoms with van der Waals surface area (Å²) in [6.45, 7) is 1.07. The van der Waals surface area contributed by atoms with Crippen molar-refractivity contribution >= 4 is 10.9 Å². The van der Waals surface area contributed by atoms with Gasteiger partial charge in [0.2, 0.25) is 0 Å². The van der Waals surface area contributed by atoms with Gasteiger partial charge in [-0.3, -0.25) is 0 Å². The number of hydrogen-bond acceptors (Lipinski definition) is 3. The van der Waals surface area contributed by atoms with Gasteiger partial charge in [0.15, 0.2) is 0 Å². The summed E-state index contributed by atoms with van der Waals surface area (Å²) < 4.78 is 5.61. The molecule has 1 saturated heterocycles. The van der Waals surface area contributed by atoms with Gasteiger partial charge >= 0.3 is 0 Å². The monoisotopic (exact) mass is 348 g/mol. The number of para-hydroxylation sites is 1. The molecule has 2 atom stereocenters. The molecule has 1 fully saturated rings. The molecule has 0 saturated carbocycles. The van der Waals surface area contributed by atoms with Gasteiger partial charge in [0.1, 0.15) is 11.5 Å². The van der Waals surface area contributed by atoms with Gasteiger partial charge in [-0.2, -0.15) is 0 Å². The smallest absolute Gasteiger partial charge is 0.142 e. The van der Waals surface area contributed by atoms with Gasteiger partial charge in [0.25, 0.3) is 0 Å². The van der Waals surface area contributed by atoms with Crippen LogP contribution >= 0.6 is 0 Å². The van der Waals surface area contributed by atoms with Crippen molar-refractivity contribution in [2.75, 3.05) is 20.7 Å². The first kappa shape index (κ1) is 15.8. The first-order chi connectivity index (χ1) is 12.6.